The number of carbonyl (C=O) groups is 1. The zero-order valence-corrected chi connectivity index (χ0v) is 14.5. The minimum Gasteiger partial charge on any atom is -0.345 e. The number of pyridine rings is 1. The van der Waals surface area contributed by atoms with Gasteiger partial charge in [0, 0.05) is 16.3 Å². The van der Waals surface area contributed by atoms with Crippen LogP contribution in [0.15, 0.2) is 29.8 Å². The molecule has 6 heteroatoms. The highest BCUT2D eigenvalue weighted by molar-refractivity contribution is 7.10. The van der Waals surface area contributed by atoms with Crippen LogP contribution in [0.4, 0.5) is 0 Å². The molecular formula is C17H20N4OS. The van der Waals surface area contributed by atoms with Gasteiger partial charge < -0.3 is 5.32 Å². The summed E-state index contributed by atoms with van der Waals surface area (Å²) < 4.78 is 1.87. The Hall–Kier alpha value is -2.21. The van der Waals surface area contributed by atoms with E-state index in [4.69, 9.17) is 0 Å². The Kier molecular flexibility index (Phi) is 4.17. The molecule has 0 radical (unpaired) electrons. The summed E-state index contributed by atoms with van der Waals surface area (Å²) in [6, 6.07) is 6.10. The fraction of sp³-hybridized carbons (Fsp3) is 0.353. The Morgan fingerprint density at radius 1 is 1.35 bits per heavy atom. The summed E-state index contributed by atoms with van der Waals surface area (Å²) in [5.74, 6) is -0.102. The third kappa shape index (κ3) is 2.99. The van der Waals surface area contributed by atoms with Crippen LogP contribution in [0.1, 0.15) is 53.8 Å². The number of nitrogens with zero attached hydrogens (tertiary/aromatic N) is 3. The van der Waals surface area contributed by atoms with E-state index < -0.39 is 0 Å². The van der Waals surface area contributed by atoms with Gasteiger partial charge in [0.1, 0.15) is 0 Å². The Bertz CT molecular complexity index is 836. The fourth-order valence-electron chi connectivity index (χ4n) is 2.56. The average Bonchev–Trinajstić information content (AvgIpc) is 3.15. The molecule has 3 aromatic rings. The highest BCUT2D eigenvalue weighted by Gasteiger charge is 2.17. The van der Waals surface area contributed by atoms with Gasteiger partial charge in [-0.2, -0.15) is 5.10 Å². The number of nitrogens with one attached hydrogen (secondary N) is 1. The van der Waals surface area contributed by atoms with Crippen LogP contribution in [0, 0.1) is 6.92 Å². The molecule has 1 N–H and O–H groups in total. The second-order valence-electron chi connectivity index (χ2n) is 5.93. The van der Waals surface area contributed by atoms with Crippen molar-refractivity contribution in [2.24, 2.45) is 0 Å². The van der Waals surface area contributed by atoms with Crippen LogP contribution >= 0.6 is 11.3 Å². The first-order chi connectivity index (χ1) is 11.0. The number of aromatic nitrogens is 3. The first kappa shape index (κ1) is 15.7. The SMILES string of the molecule is Cc1nc2c(cnn2C(C)C)cc1C(=O)N[C@H](C)c1cccs1. The van der Waals surface area contributed by atoms with Gasteiger partial charge in [0.25, 0.3) is 5.91 Å². The molecule has 23 heavy (non-hydrogen) atoms. The first-order valence-electron chi connectivity index (χ1n) is 7.66. The van der Waals surface area contributed by atoms with Crippen molar-refractivity contribution in [3.05, 3.63) is 45.9 Å². The third-order valence-electron chi connectivity index (χ3n) is 3.81. The fourth-order valence-corrected chi connectivity index (χ4v) is 3.29. The van der Waals surface area contributed by atoms with Crippen LogP contribution in [0.25, 0.3) is 11.0 Å². The second kappa shape index (κ2) is 6.12. The van der Waals surface area contributed by atoms with Crippen LogP contribution in [-0.4, -0.2) is 20.7 Å². The molecule has 1 atom stereocenters. The molecule has 5 nitrogen and oxygen atoms in total. The zero-order valence-electron chi connectivity index (χ0n) is 13.7. The van der Waals surface area contributed by atoms with Gasteiger partial charge in [0.15, 0.2) is 5.65 Å². The molecule has 0 spiro atoms. The van der Waals surface area contributed by atoms with Crippen LogP contribution < -0.4 is 5.32 Å². The molecule has 1 amide bonds. The zero-order chi connectivity index (χ0) is 16.6. The number of fused-ring (bicyclic) bond motifs is 1. The topological polar surface area (TPSA) is 59.8 Å². The molecule has 0 aliphatic rings. The largest absolute Gasteiger partial charge is 0.345 e. The number of rotatable bonds is 4. The van der Waals surface area contributed by atoms with Gasteiger partial charge in [-0.25, -0.2) is 9.67 Å². The Morgan fingerprint density at radius 3 is 2.78 bits per heavy atom. The highest BCUT2D eigenvalue weighted by atomic mass is 32.1. The van der Waals surface area contributed by atoms with E-state index in [2.05, 4.69) is 29.2 Å². The van der Waals surface area contributed by atoms with Crippen molar-refractivity contribution in [1.82, 2.24) is 20.1 Å². The van der Waals surface area contributed by atoms with Gasteiger partial charge in [-0.05, 0) is 45.2 Å². The lowest BCUT2D eigenvalue weighted by atomic mass is 10.1. The lowest BCUT2D eigenvalue weighted by Gasteiger charge is -2.14. The maximum atomic E-state index is 12.6. The van der Waals surface area contributed by atoms with Crippen LogP contribution in [0.5, 0.6) is 0 Å². The standard InChI is InChI=1S/C17H20N4OS/c1-10(2)21-16-13(9-18-21)8-14(11(3)19-16)17(22)20-12(4)15-6-5-7-23-15/h5-10,12H,1-4H3,(H,20,22)/t12-/m1/s1. The molecular weight excluding hydrogens is 308 g/mol. The quantitative estimate of drug-likeness (QED) is 0.791. The van der Waals surface area contributed by atoms with Gasteiger partial charge in [-0.1, -0.05) is 6.07 Å². The predicted molar refractivity (Wildman–Crippen MR) is 92.9 cm³/mol. The van der Waals surface area contributed by atoms with Crippen molar-refractivity contribution in [2.45, 2.75) is 39.8 Å². The van der Waals surface area contributed by atoms with Crippen molar-refractivity contribution in [3.8, 4) is 0 Å². The number of aryl methyl sites for hydroxylation is 1. The van der Waals surface area contributed by atoms with Crippen LogP contribution in [0.2, 0.25) is 0 Å². The summed E-state index contributed by atoms with van der Waals surface area (Å²) >= 11 is 1.64. The molecule has 0 aliphatic carbocycles. The molecule has 0 fully saturated rings. The minimum absolute atomic E-state index is 0.0176. The van der Waals surface area contributed by atoms with Crippen molar-refractivity contribution < 1.29 is 4.79 Å². The predicted octanol–water partition coefficient (Wildman–Crippen LogP) is 3.87. The number of amides is 1. The van der Waals surface area contributed by atoms with E-state index in [-0.39, 0.29) is 18.0 Å². The number of thiophene rings is 1. The van der Waals surface area contributed by atoms with Gasteiger partial charge in [-0.15, -0.1) is 11.3 Å². The van der Waals surface area contributed by atoms with Gasteiger partial charge in [0.2, 0.25) is 0 Å². The van der Waals surface area contributed by atoms with E-state index in [0.29, 0.717) is 5.56 Å². The summed E-state index contributed by atoms with van der Waals surface area (Å²) in [5, 5.41) is 10.3. The van der Waals surface area contributed by atoms with E-state index >= 15 is 0 Å². The molecule has 3 heterocycles. The average molecular weight is 328 g/mol. The molecule has 0 aliphatic heterocycles. The van der Waals surface area contributed by atoms with Crippen molar-refractivity contribution in [1.29, 1.82) is 0 Å². The highest BCUT2D eigenvalue weighted by Crippen LogP contribution is 2.21. The minimum atomic E-state index is -0.102. The maximum Gasteiger partial charge on any atom is 0.253 e. The normalized spacial score (nSPS) is 12.7. The first-order valence-corrected chi connectivity index (χ1v) is 8.54. The lowest BCUT2D eigenvalue weighted by molar-refractivity contribution is 0.0939. The molecule has 0 unspecified atom stereocenters. The summed E-state index contributed by atoms with van der Waals surface area (Å²) in [4.78, 5) is 18.3. The maximum absolute atomic E-state index is 12.6. The van der Waals surface area contributed by atoms with Crippen LogP contribution in [0.3, 0.4) is 0 Å². The Labute approximate surface area is 139 Å². The molecule has 3 aromatic heterocycles. The lowest BCUT2D eigenvalue weighted by Crippen LogP contribution is -2.27. The summed E-state index contributed by atoms with van der Waals surface area (Å²) in [5.41, 5.74) is 2.14. The smallest absolute Gasteiger partial charge is 0.253 e. The third-order valence-corrected chi connectivity index (χ3v) is 4.87. The molecule has 0 aromatic carbocycles. The second-order valence-corrected chi connectivity index (χ2v) is 6.91. The van der Waals surface area contributed by atoms with Crippen molar-refractivity contribution in [3.63, 3.8) is 0 Å². The van der Waals surface area contributed by atoms with E-state index in [0.717, 1.165) is 21.6 Å². The van der Waals surface area contributed by atoms with Gasteiger partial charge >= 0.3 is 0 Å². The van der Waals surface area contributed by atoms with Crippen LogP contribution in [-0.2, 0) is 0 Å². The Morgan fingerprint density at radius 2 is 2.13 bits per heavy atom. The Balaban J connectivity index is 1.90. The molecule has 120 valence electrons. The number of hydrogen-bond donors (Lipinski definition) is 1. The van der Waals surface area contributed by atoms with E-state index in [1.807, 2.05) is 42.1 Å². The molecule has 0 saturated heterocycles. The van der Waals surface area contributed by atoms with Gasteiger partial charge in [0.05, 0.1) is 23.5 Å². The van der Waals surface area contributed by atoms with Gasteiger partial charge in [-0.3, -0.25) is 4.79 Å². The molecule has 0 saturated carbocycles. The van der Waals surface area contributed by atoms with E-state index in [1.54, 1.807) is 17.5 Å². The summed E-state index contributed by atoms with van der Waals surface area (Å²) in [6.07, 6.45) is 1.77. The summed E-state index contributed by atoms with van der Waals surface area (Å²) in [7, 11) is 0. The summed E-state index contributed by atoms with van der Waals surface area (Å²) in [6.45, 7) is 7.98. The molecule has 3 rings (SSSR count). The van der Waals surface area contributed by atoms with E-state index in [9.17, 15) is 4.79 Å². The number of carbonyl (C=O) groups excluding carboxylic acids is 1. The van der Waals surface area contributed by atoms with Crippen molar-refractivity contribution in [2.75, 3.05) is 0 Å². The van der Waals surface area contributed by atoms with E-state index in [1.165, 1.54) is 0 Å². The monoisotopic (exact) mass is 328 g/mol. The van der Waals surface area contributed by atoms with Crippen molar-refractivity contribution >= 4 is 28.3 Å². The number of hydrogen-bond acceptors (Lipinski definition) is 4. The molecule has 0 bridgehead atoms.